The minimum absolute atomic E-state index is 0.0856. The summed E-state index contributed by atoms with van der Waals surface area (Å²) in [5.74, 6) is 0.467. The van der Waals surface area contributed by atoms with E-state index in [0.717, 1.165) is 62.4 Å². The molecule has 2 heterocycles. The molecule has 0 unspecified atom stereocenters. The molecule has 10 heteroatoms. The van der Waals surface area contributed by atoms with E-state index < -0.39 is 26.3 Å². The third kappa shape index (κ3) is 5.44. The Morgan fingerprint density at radius 2 is 1.57 bits per heavy atom. The maximum absolute atomic E-state index is 14.2. The van der Waals surface area contributed by atoms with Crippen LogP contribution >= 0.6 is 11.6 Å². The minimum Gasteiger partial charge on any atom is -0.300 e. The molecule has 1 aromatic heterocycles. The average molecular weight is 594 g/mol. The molecular weight excluding hydrogens is 559 g/mol. The quantitative estimate of drug-likeness (QED) is 0.299. The Kier molecular flexibility index (Phi) is 8.12. The van der Waals surface area contributed by atoms with Gasteiger partial charge in [-0.05, 0) is 113 Å². The third-order valence-corrected chi connectivity index (χ3v) is 11.7. The summed E-state index contributed by atoms with van der Waals surface area (Å²) in [5.41, 5.74) is 2.11. The summed E-state index contributed by atoms with van der Waals surface area (Å²) in [5, 5.41) is 5.11. The molecule has 2 aromatic carbocycles. The van der Waals surface area contributed by atoms with Gasteiger partial charge in [0, 0.05) is 29.2 Å². The largest absolute Gasteiger partial charge is 0.416 e. The van der Waals surface area contributed by atoms with E-state index in [1.807, 2.05) is 6.92 Å². The van der Waals surface area contributed by atoms with Gasteiger partial charge in [-0.2, -0.15) is 18.3 Å². The summed E-state index contributed by atoms with van der Waals surface area (Å²) in [6, 6.07) is 13.2. The van der Waals surface area contributed by atoms with Crippen molar-refractivity contribution in [2.24, 2.45) is 0 Å². The molecule has 0 N–H and O–H groups in total. The molecule has 0 bridgehead atoms. The molecule has 1 aliphatic carbocycles. The van der Waals surface area contributed by atoms with Gasteiger partial charge in [-0.25, -0.2) is 8.42 Å². The fourth-order valence-electron chi connectivity index (χ4n) is 6.66. The molecule has 5 nitrogen and oxygen atoms in total. The van der Waals surface area contributed by atoms with Crippen LogP contribution in [-0.4, -0.2) is 42.2 Å². The summed E-state index contributed by atoms with van der Waals surface area (Å²) in [6.45, 7) is 6.88. The van der Waals surface area contributed by atoms with E-state index in [4.69, 9.17) is 11.6 Å². The zero-order valence-corrected chi connectivity index (χ0v) is 24.4. The van der Waals surface area contributed by atoms with Gasteiger partial charge in [0.1, 0.15) is 4.75 Å². The molecule has 0 amide bonds. The van der Waals surface area contributed by atoms with Crippen LogP contribution in [0.1, 0.15) is 73.9 Å². The van der Waals surface area contributed by atoms with Crippen LogP contribution < -0.4 is 0 Å². The second-order valence-electron chi connectivity index (χ2n) is 11.1. The van der Waals surface area contributed by atoms with Crippen LogP contribution in [0.2, 0.25) is 5.02 Å². The van der Waals surface area contributed by atoms with Crippen molar-refractivity contribution in [2.45, 2.75) is 86.7 Å². The zero-order chi connectivity index (χ0) is 28.7. The molecule has 40 heavy (non-hydrogen) atoms. The minimum atomic E-state index is -4.53. The molecule has 0 spiro atoms. The van der Waals surface area contributed by atoms with Crippen molar-refractivity contribution in [3.8, 4) is 0 Å². The number of aryl methyl sites for hydroxylation is 2. The van der Waals surface area contributed by atoms with E-state index in [0.29, 0.717) is 42.2 Å². The number of alkyl halides is 3. The second-order valence-corrected chi connectivity index (χ2v) is 13.8. The fraction of sp³-hybridized carbons (Fsp3) is 0.500. The lowest BCUT2D eigenvalue weighted by atomic mass is 9.79. The van der Waals surface area contributed by atoms with Crippen molar-refractivity contribution in [3.05, 3.63) is 82.1 Å². The van der Waals surface area contributed by atoms with E-state index in [2.05, 4.69) is 27.7 Å². The summed E-state index contributed by atoms with van der Waals surface area (Å²) in [6.07, 6.45) is -0.286. The van der Waals surface area contributed by atoms with Crippen molar-refractivity contribution in [1.29, 1.82) is 0 Å². The number of rotatable bonds is 6. The van der Waals surface area contributed by atoms with E-state index in [9.17, 15) is 21.6 Å². The van der Waals surface area contributed by atoms with E-state index >= 15 is 0 Å². The highest BCUT2D eigenvalue weighted by Crippen LogP contribution is 2.48. The lowest BCUT2D eigenvalue weighted by molar-refractivity contribution is -0.137. The second kappa shape index (κ2) is 11.1. The highest BCUT2D eigenvalue weighted by Gasteiger charge is 2.49. The predicted octanol–water partition coefficient (Wildman–Crippen LogP) is 7.38. The monoisotopic (exact) mass is 593 g/mol. The van der Waals surface area contributed by atoms with Gasteiger partial charge in [-0.15, -0.1) is 0 Å². The first-order valence-corrected chi connectivity index (χ1v) is 15.8. The van der Waals surface area contributed by atoms with Crippen LogP contribution in [0.15, 0.2) is 59.5 Å². The molecule has 0 atom stereocenters. The maximum atomic E-state index is 14.2. The molecular formula is C30H35ClF3N3O2S. The van der Waals surface area contributed by atoms with Crippen LogP contribution in [0.3, 0.4) is 0 Å². The SMILES string of the molecule is CCn1nc(C)cc1C1CCN(C2CCC(c3ccc(Cl)cc3)(S(=O)(=O)c3ccc(C(F)(F)F)cc3)CC2)CC1. The molecule has 1 saturated carbocycles. The fourth-order valence-corrected chi connectivity index (χ4v) is 8.95. The molecule has 2 aliphatic rings. The first kappa shape index (κ1) is 29.1. The molecule has 0 radical (unpaired) electrons. The van der Waals surface area contributed by atoms with Gasteiger partial charge in [-0.3, -0.25) is 4.68 Å². The predicted molar refractivity (Wildman–Crippen MR) is 150 cm³/mol. The molecule has 5 rings (SSSR count). The van der Waals surface area contributed by atoms with E-state index in [1.165, 1.54) is 5.69 Å². The number of aromatic nitrogens is 2. The van der Waals surface area contributed by atoms with Crippen LogP contribution in [0, 0.1) is 6.92 Å². The van der Waals surface area contributed by atoms with Gasteiger partial charge >= 0.3 is 6.18 Å². The van der Waals surface area contributed by atoms with Crippen molar-refractivity contribution < 1.29 is 21.6 Å². The summed E-state index contributed by atoms with van der Waals surface area (Å²) >= 11 is 6.12. The Hall–Kier alpha value is -2.36. The number of nitrogens with zero attached hydrogens (tertiary/aromatic N) is 3. The van der Waals surface area contributed by atoms with Crippen molar-refractivity contribution in [3.63, 3.8) is 0 Å². The van der Waals surface area contributed by atoms with Crippen LogP contribution in [0.5, 0.6) is 0 Å². The maximum Gasteiger partial charge on any atom is 0.416 e. The smallest absolute Gasteiger partial charge is 0.300 e. The molecule has 216 valence electrons. The molecule has 1 saturated heterocycles. The standard InChI is InChI=1S/C30H35ClF3N3O2S/c1-3-37-28(20-21(2)35-37)22-14-18-36(19-15-22)26-12-16-29(17-13-26,23-4-8-25(31)9-5-23)40(38,39)27-10-6-24(7-11-27)30(32,33)34/h4-11,20,22,26H,3,12-19H2,1-2H3. The van der Waals surface area contributed by atoms with Gasteiger partial charge in [0.2, 0.25) is 0 Å². The summed E-state index contributed by atoms with van der Waals surface area (Å²) < 4.78 is 68.7. The normalized spacial score (nSPS) is 23.4. The van der Waals surface area contributed by atoms with Crippen LogP contribution in [0.25, 0.3) is 0 Å². The van der Waals surface area contributed by atoms with Crippen LogP contribution in [-0.2, 0) is 27.3 Å². The number of piperidine rings is 1. The van der Waals surface area contributed by atoms with Gasteiger partial charge in [0.05, 0.1) is 16.2 Å². The Morgan fingerprint density at radius 1 is 0.975 bits per heavy atom. The van der Waals surface area contributed by atoms with Crippen molar-refractivity contribution >= 4 is 21.4 Å². The number of hydrogen-bond donors (Lipinski definition) is 0. The number of likely N-dealkylation sites (tertiary alicyclic amines) is 1. The lowest BCUT2D eigenvalue weighted by Gasteiger charge is -2.45. The lowest BCUT2D eigenvalue weighted by Crippen LogP contribution is -2.48. The number of halogens is 4. The molecule has 3 aromatic rings. The van der Waals surface area contributed by atoms with Gasteiger partial charge in [0.25, 0.3) is 0 Å². The Labute approximate surface area is 239 Å². The zero-order valence-electron chi connectivity index (χ0n) is 22.8. The third-order valence-electron chi connectivity index (χ3n) is 8.84. The first-order valence-electron chi connectivity index (χ1n) is 13.9. The van der Waals surface area contributed by atoms with Crippen molar-refractivity contribution in [2.75, 3.05) is 13.1 Å². The molecule has 2 fully saturated rings. The molecule has 1 aliphatic heterocycles. The van der Waals surface area contributed by atoms with Crippen molar-refractivity contribution in [1.82, 2.24) is 14.7 Å². The van der Waals surface area contributed by atoms with E-state index in [1.54, 1.807) is 24.3 Å². The average Bonchev–Trinajstić information content (AvgIpc) is 3.34. The Bertz CT molecular complexity index is 1420. The Balaban J connectivity index is 1.35. The van der Waals surface area contributed by atoms with Crippen LogP contribution in [0.4, 0.5) is 13.2 Å². The van der Waals surface area contributed by atoms with Gasteiger partial charge in [0.15, 0.2) is 9.84 Å². The topological polar surface area (TPSA) is 55.2 Å². The number of hydrogen-bond acceptors (Lipinski definition) is 4. The summed E-state index contributed by atoms with van der Waals surface area (Å²) in [4.78, 5) is 2.41. The highest BCUT2D eigenvalue weighted by molar-refractivity contribution is 7.92. The number of sulfone groups is 1. The first-order chi connectivity index (χ1) is 18.9. The Morgan fingerprint density at radius 3 is 2.12 bits per heavy atom. The van der Waals surface area contributed by atoms with Gasteiger partial charge < -0.3 is 4.90 Å². The summed E-state index contributed by atoms with van der Waals surface area (Å²) in [7, 11) is -3.99. The highest BCUT2D eigenvalue weighted by atomic mass is 35.5. The van der Waals surface area contributed by atoms with Gasteiger partial charge in [-0.1, -0.05) is 23.7 Å². The van der Waals surface area contributed by atoms with E-state index in [-0.39, 0.29) is 10.9 Å². The number of benzene rings is 2.